The van der Waals surface area contributed by atoms with Gasteiger partial charge in [-0.3, -0.25) is 0 Å². The van der Waals surface area contributed by atoms with Crippen molar-refractivity contribution in [1.29, 1.82) is 0 Å². The predicted molar refractivity (Wildman–Crippen MR) is 111 cm³/mol. The van der Waals surface area contributed by atoms with Gasteiger partial charge in [0.1, 0.15) is 5.75 Å². The van der Waals surface area contributed by atoms with Crippen LogP contribution >= 0.6 is 0 Å². The van der Waals surface area contributed by atoms with Crippen LogP contribution in [0.4, 0.5) is 0 Å². The Hall–Kier alpha value is -0.980. The smallest absolute Gasteiger partial charge is 0.118 e. The van der Waals surface area contributed by atoms with Gasteiger partial charge in [-0.1, -0.05) is 86.4 Å². The minimum Gasteiger partial charge on any atom is -0.508 e. The quantitative estimate of drug-likeness (QED) is 0.517. The van der Waals surface area contributed by atoms with Crippen molar-refractivity contribution in [2.24, 2.45) is 28.6 Å². The van der Waals surface area contributed by atoms with E-state index in [1.54, 1.807) is 0 Å². The summed E-state index contributed by atoms with van der Waals surface area (Å²) in [4.78, 5) is 0. The van der Waals surface area contributed by atoms with Crippen LogP contribution in [-0.4, -0.2) is 5.11 Å². The number of benzene rings is 1. The lowest BCUT2D eigenvalue weighted by Gasteiger charge is -2.37. The van der Waals surface area contributed by atoms with Crippen LogP contribution in [0.2, 0.25) is 0 Å². The van der Waals surface area contributed by atoms with Gasteiger partial charge >= 0.3 is 0 Å². The predicted octanol–water partition coefficient (Wildman–Crippen LogP) is 7.48. The Morgan fingerprint density at radius 3 is 1.88 bits per heavy atom. The van der Waals surface area contributed by atoms with E-state index in [0.717, 1.165) is 17.9 Å². The summed E-state index contributed by atoms with van der Waals surface area (Å²) in [6, 6.07) is 7.84. The average Bonchev–Trinajstić information content (AvgIpc) is 2.46. The summed E-state index contributed by atoms with van der Waals surface area (Å²) >= 11 is 0. The molecule has 0 saturated heterocycles. The summed E-state index contributed by atoms with van der Waals surface area (Å²) in [5.74, 6) is 2.53. The van der Waals surface area contributed by atoms with E-state index in [1.807, 2.05) is 18.2 Å². The van der Waals surface area contributed by atoms with E-state index in [2.05, 4.69) is 61.5 Å². The lowest BCUT2D eigenvalue weighted by molar-refractivity contribution is 0.147. The van der Waals surface area contributed by atoms with Gasteiger partial charge in [-0.25, -0.2) is 0 Å². The molecule has 0 aromatic heterocycles. The third kappa shape index (κ3) is 7.42. The number of aromatic hydroxyl groups is 1. The first-order valence-corrected chi connectivity index (χ1v) is 10.2. The molecule has 1 N–H and O–H groups in total. The first-order chi connectivity index (χ1) is 11.4. The molecule has 3 unspecified atom stereocenters. The Morgan fingerprint density at radius 2 is 1.40 bits per heavy atom. The molecule has 0 spiro atoms. The highest BCUT2D eigenvalue weighted by Gasteiger charge is 2.30. The van der Waals surface area contributed by atoms with Crippen LogP contribution in [0, 0.1) is 28.6 Å². The molecule has 1 aromatic rings. The molecule has 0 heterocycles. The van der Waals surface area contributed by atoms with Crippen molar-refractivity contribution in [2.45, 2.75) is 87.5 Å². The number of rotatable bonds is 8. The summed E-state index contributed by atoms with van der Waals surface area (Å²) in [5, 5.41) is 10.2. The zero-order valence-corrected chi connectivity index (χ0v) is 18.0. The van der Waals surface area contributed by atoms with Crippen molar-refractivity contribution in [3.05, 3.63) is 29.8 Å². The third-order valence-corrected chi connectivity index (χ3v) is 5.92. The Balaban J connectivity index is 2.83. The van der Waals surface area contributed by atoms with Gasteiger partial charge in [-0.05, 0) is 59.5 Å². The highest BCUT2D eigenvalue weighted by molar-refractivity contribution is 5.32. The monoisotopic (exact) mass is 346 g/mol. The van der Waals surface area contributed by atoms with Crippen LogP contribution in [0.3, 0.4) is 0 Å². The lowest BCUT2D eigenvalue weighted by atomic mass is 9.69. The highest BCUT2D eigenvalue weighted by atomic mass is 16.3. The first-order valence-electron chi connectivity index (χ1n) is 10.2. The van der Waals surface area contributed by atoms with Crippen molar-refractivity contribution in [1.82, 2.24) is 0 Å². The number of hydrogen-bond donors (Lipinski definition) is 1. The van der Waals surface area contributed by atoms with E-state index in [1.165, 1.54) is 25.7 Å². The molecule has 25 heavy (non-hydrogen) atoms. The summed E-state index contributed by atoms with van der Waals surface area (Å²) in [7, 11) is 0. The molecule has 1 heteroatoms. The fourth-order valence-corrected chi connectivity index (χ4v) is 4.01. The standard InChI is InChI=1S/C24H42O/c1-9-12-20(23(3,4)5)15-18(2)16-21(24(6,7)8)17-19-13-10-11-14-22(19)25/h10-11,13-14,18,20-21,25H,9,12,15-17H2,1-8H3. The number of phenolic OH excluding ortho intramolecular Hbond substituents is 1. The van der Waals surface area contributed by atoms with E-state index in [9.17, 15) is 5.11 Å². The largest absolute Gasteiger partial charge is 0.508 e. The summed E-state index contributed by atoms with van der Waals surface area (Å²) in [6.45, 7) is 18.9. The molecule has 0 amide bonds. The molecule has 0 bridgehead atoms. The fourth-order valence-electron chi connectivity index (χ4n) is 4.01. The summed E-state index contributed by atoms with van der Waals surface area (Å²) < 4.78 is 0. The van der Waals surface area contributed by atoms with Gasteiger partial charge in [-0.15, -0.1) is 0 Å². The molecule has 0 radical (unpaired) electrons. The van der Waals surface area contributed by atoms with Crippen LogP contribution < -0.4 is 0 Å². The van der Waals surface area contributed by atoms with E-state index >= 15 is 0 Å². The Morgan fingerprint density at radius 1 is 0.880 bits per heavy atom. The van der Waals surface area contributed by atoms with Gasteiger partial charge < -0.3 is 5.11 Å². The molecule has 0 aliphatic rings. The van der Waals surface area contributed by atoms with Crippen molar-refractivity contribution < 1.29 is 5.11 Å². The average molecular weight is 347 g/mol. The maximum atomic E-state index is 10.2. The molecule has 1 rings (SSSR count). The zero-order chi connectivity index (χ0) is 19.3. The van der Waals surface area contributed by atoms with Gasteiger partial charge in [0.15, 0.2) is 0 Å². The topological polar surface area (TPSA) is 20.2 Å². The number of para-hydroxylation sites is 1. The molecule has 144 valence electrons. The summed E-state index contributed by atoms with van der Waals surface area (Å²) in [6.07, 6.45) is 6.11. The van der Waals surface area contributed by atoms with E-state index < -0.39 is 0 Å². The van der Waals surface area contributed by atoms with Gasteiger partial charge in [0, 0.05) is 0 Å². The Bertz CT molecular complexity index is 504. The third-order valence-electron chi connectivity index (χ3n) is 5.92. The molecule has 3 atom stereocenters. The summed E-state index contributed by atoms with van der Waals surface area (Å²) in [5.41, 5.74) is 1.73. The van der Waals surface area contributed by atoms with Gasteiger partial charge in [0.2, 0.25) is 0 Å². The highest BCUT2D eigenvalue weighted by Crippen LogP contribution is 2.40. The molecular weight excluding hydrogens is 304 g/mol. The molecule has 1 nitrogen and oxygen atoms in total. The van der Waals surface area contributed by atoms with Crippen molar-refractivity contribution in [3.8, 4) is 5.75 Å². The lowest BCUT2D eigenvalue weighted by Crippen LogP contribution is -2.27. The van der Waals surface area contributed by atoms with E-state index in [4.69, 9.17) is 0 Å². The number of hydrogen-bond acceptors (Lipinski definition) is 1. The fraction of sp³-hybridized carbons (Fsp3) is 0.750. The van der Waals surface area contributed by atoms with E-state index in [-0.39, 0.29) is 5.41 Å². The SMILES string of the molecule is CCCC(CC(C)CC(Cc1ccccc1O)C(C)(C)C)C(C)(C)C. The van der Waals surface area contributed by atoms with Gasteiger partial charge in [-0.2, -0.15) is 0 Å². The minimum absolute atomic E-state index is 0.249. The van der Waals surface area contributed by atoms with Crippen LogP contribution in [-0.2, 0) is 6.42 Å². The number of phenols is 1. The van der Waals surface area contributed by atoms with Crippen LogP contribution in [0.15, 0.2) is 24.3 Å². The van der Waals surface area contributed by atoms with Gasteiger partial charge in [0.05, 0.1) is 0 Å². The van der Waals surface area contributed by atoms with Gasteiger partial charge in [0.25, 0.3) is 0 Å². The second-order valence-corrected chi connectivity index (χ2v) is 10.3. The molecular formula is C24H42O. The van der Waals surface area contributed by atoms with E-state index in [0.29, 0.717) is 23.0 Å². The van der Waals surface area contributed by atoms with Crippen molar-refractivity contribution in [2.75, 3.05) is 0 Å². The maximum absolute atomic E-state index is 10.2. The second-order valence-electron chi connectivity index (χ2n) is 10.3. The first kappa shape index (κ1) is 22.1. The molecule has 0 aliphatic carbocycles. The minimum atomic E-state index is 0.249. The second kappa shape index (κ2) is 9.10. The van der Waals surface area contributed by atoms with Crippen LogP contribution in [0.5, 0.6) is 5.75 Å². The van der Waals surface area contributed by atoms with Crippen LogP contribution in [0.1, 0.15) is 86.6 Å². The maximum Gasteiger partial charge on any atom is 0.118 e. The Kier molecular flexibility index (Phi) is 8.03. The molecule has 0 saturated carbocycles. The molecule has 0 aliphatic heterocycles. The van der Waals surface area contributed by atoms with Crippen LogP contribution in [0.25, 0.3) is 0 Å². The van der Waals surface area contributed by atoms with Crippen molar-refractivity contribution >= 4 is 0 Å². The van der Waals surface area contributed by atoms with Crippen molar-refractivity contribution in [3.63, 3.8) is 0 Å². The zero-order valence-electron chi connectivity index (χ0n) is 18.0. The normalized spacial score (nSPS) is 16.5. The molecule has 1 aromatic carbocycles. The molecule has 0 fully saturated rings. The Labute approximate surface area is 157 Å².